The van der Waals surface area contributed by atoms with E-state index in [0.717, 1.165) is 50.5 Å². The first-order valence-corrected chi connectivity index (χ1v) is 9.47. The zero-order chi connectivity index (χ0) is 18.6. The van der Waals surface area contributed by atoms with Crippen molar-refractivity contribution in [3.05, 3.63) is 66.3 Å². The van der Waals surface area contributed by atoms with E-state index >= 15 is 0 Å². The van der Waals surface area contributed by atoms with Gasteiger partial charge in [0, 0.05) is 50.3 Å². The van der Waals surface area contributed by atoms with E-state index in [9.17, 15) is 4.79 Å². The molecule has 4 rings (SSSR count). The van der Waals surface area contributed by atoms with Crippen LogP contribution in [0.4, 0.5) is 0 Å². The van der Waals surface area contributed by atoms with Gasteiger partial charge in [0.25, 0.3) is 5.91 Å². The number of aromatic nitrogens is 5. The van der Waals surface area contributed by atoms with Crippen LogP contribution in [-0.2, 0) is 13.1 Å². The van der Waals surface area contributed by atoms with Crippen LogP contribution in [0.25, 0.3) is 0 Å². The summed E-state index contributed by atoms with van der Waals surface area (Å²) < 4.78 is 3.96. The molecule has 3 aromatic heterocycles. The number of carbonyl (C=O) groups is 1. The predicted molar refractivity (Wildman–Crippen MR) is 101 cm³/mol. The molecule has 4 heterocycles. The van der Waals surface area contributed by atoms with Crippen molar-refractivity contribution in [3.8, 4) is 0 Å². The number of amides is 1. The molecule has 0 spiro atoms. The minimum Gasteiger partial charge on any atom is -0.339 e. The first-order valence-electron chi connectivity index (χ1n) is 9.47. The molecule has 27 heavy (non-hydrogen) atoms. The van der Waals surface area contributed by atoms with Gasteiger partial charge in [0.15, 0.2) is 0 Å². The summed E-state index contributed by atoms with van der Waals surface area (Å²) in [6.07, 6.45) is 11.0. The lowest BCUT2D eigenvalue weighted by molar-refractivity contribution is 0.0710. The predicted octanol–water partition coefficient (Wildman–Crippen LogP) is 2.56. The van der Waals surface area contributed by atoms with Gasteiger partial charge in [-0.1, -0.05) is 6.07 Å². The lowest BCUT2D eigenvalue weighted by Crippen LogP contribution is -2.38. The summed E-state index contributed by atoms with van der Waals surface area (Å²) in [6, 6.07) is 5.96. The maximum absolute atomic E-state index is 12.7. The normalized spacial score (nSPS) is 15.2. The Morgan fingerprint density at radius 1 is 1.19 bits per heavy atom. The van der Waals surface area contributed by atoms with Gasteiger partial charge in [0.2, 0.25) is 0 Å². The standard InChI is InChI=1S/C20H24N6O/c1-2-26-14-17(13-23-26)20(27)24-10-6-16(7-11-24)19-22-9-12-25(19)15-18-5-3-4-8-21-18/h3-5,8-9,12-14,16H,2,6-7,10-11,15H2,1H3. The van der Waals surface area contributed by atoms with Crippen molar-refractivity contribution in [2.75, 3.05) is 13.1 Å². The number of nitrogens with zero attached hydrogens (tertiary/aromatic N) is 6. The molecule has 1 saturated heterocycles. The van der Waals surface area contributed by atoms with E-state index in [0.29, 0.717) is 11.5 Å². The summed E-state index contributed by atoms with van der Waals surface area (Å²) in [4.78, 5) is 23.6. The zero-order valence-electron chi connectivity index (χ0n) is 15.5. The molecule has 1 amide bonds. The highest BCUT2D eigenvalue weighted by molar-refractivity contribution is 5.93. The Bertz CT molecular complexity index is 892. The smallest absolute Gasteiger partial charge is 0.257 e. The van der Waals surface area contributed by atoms with Gasteiger partial charge < -0.3 is 9.47 Å². The van der Waals surface area contributed by atoms with Crippen molar-refractivity contribution in [1.82, 2.24) is 29.2 Å². The summed E-state index contributed by atoms with van der Waals surface area (Å²) in [5, 5.41) is 4.21. The van der Waals surface area contributed by atoms with Gasteiger partial charge in [-0.15, -0.1) is 0 Å². The molecule has 0 bridgehead atoms. The van der Waals surface area contributed by atoms with Crippen LogP contribution in [0.3, 0.4) is 0 Å². The summed E-state index contributed by atoms with van der Waals surface area (Å²) in [7, 11) is 0. The van der Waals surface area contributed by atoms with Gasteiger partial charge in [0.05, 0.1) is 24.0 Å². The number of hydrogen-bond acceptors (Lipinski definition) is 4. The van der Waals surface area contributed by atoms with E-state index in [4.69, 9.17) is 0 Å². The fraction of sp³-hybridized carbons (Fsp3) is 0.400. The summed E-state index contributed by atoms with van der Waals surface area (Å²) >= 11 is 0. The molecule has 7 nitrogen and oxygen atoms in total. The highest BCUT2D eigenvalue weighted by Crippen LogP contribution is 2.28. The molecule has 0 N–H and O–H groups in total. The number of carbonyl (C=O) groups excluding carboxylic acids is 1. The Balaban J connectivity index is 1.40. The van der Waals surface area contributed by atoms with E-state index in [1.807, 2.05) is 54.8 Å². The molecular weight excluding hydrogens is 340 g/mol. The van der Waals surface area contributed by atoms with E-state index in [1.54, 1.807) is 10.9 Å². The Morgan fingerprint density at radius 3 is 2.74 bits per heavy atom. The van der Waals surface area contributed by atoms with Crippen LogP contribution < -0.4 is 0 Å². The van der Waals surface area contributed by atoms with E-state index in [1.165, 1.54) is 0 Å². The van der Waals surface area contributed by atoms with Crippen molar-refractivity contribution < 1.29 is 4.79 Å². The molecule has 3 aromatic rings. The van der Waals surface area contributed by atoms with E-state index in [-0.39, 0.29) is 5.91 Å². The van der Waals surface area contributed by atoms with Gasteiger partial charge in [-0.25, -0.2) is 4.98 Å². The number of aryl methyl sites for hydroxylation is 1. The third kappa shape index (κ3) is 3.77. The molecule has 0 unspecified atom stereocenters. The first kappa shape index (κ1) is 17.5. The van der Waals surface area contributed by atoms with Gasteiger partial charge in [0.1, 0.15) is 5.82 Å². The van der Waals surface area contributed by atoms with E-state index in [2.05, 4.69) is 19.6 Å². The van der Waals surface area contributed by atoms with Crippen molar-refractivity contribution in [3.63, 3.8) is 0 Å². The fourth-order valence-corrected chi connectivity index (χ4v) is 3.65. The largest absolute Gasteiger partial charge is 0.339 e. The van der Waals surface area contributed by atoms with Crippen molar-refractivity contribution in [1.29, 1.82) is 0 Å². The molecule has 1 aliphatic heterocycles. The van der Waals surface area contributed by atoms with Crippen LogP contribution in [0.2, 0.25) is 0 Å². The monoisotopic (exact) mass is 364 g/mol. The Morgan fingerprint density at radius 2 is 2.04 bits per heavy atom. The number of hydrogen-bond donors (Lipinski definition) is 0. The highest BCUT2D eigenvalue weighted by atomic mass is 16.2. The molecule has 0 radical (unpaired) electrons. The number of rotatable bonds is 5. The first-order chi connectivity index (χ1) is 13.2. The molecule has 7 heteroatoms. The molecule has 0 saturated carbocycles. The lowest BCUT2D eigenvalue weighted by atomic mass is 9.95. The highest BCUT2D eigenvalue weighted by Gasteiger charge is 2.27. The summed E-state index contributed by atoms with van der Waals surface area (Å²) in [5.74, 6) is 1.53. The van der Waals surface area contributed by atoms with Crippen LogP contribution in [0.1, 0.15) is 47.6 Å². The quantitative estimate of drug-likeness (QED) is 0.698. The minimum absolute atomic E-state index is 0.0741. The average molecular weight is 364 g/mol. The van der Waals surface area contributed by atoms with Crippen LogP contribution >= 0.6 is 0 Å². The minimum atomic E-state index is 0.0741. The SMILES string of the molecule is CCn1cc(C(=O)N2CCC(c3nccn3Cc3ccccn3)CC2)cn1. The second-order valence-electron chi connectivity index (χ2n) is 6.89. The van der Waals surface area contributed by atoms with Gasteiger partial charge in [-0.3, -0.25) is 14.5 Å². The van der Waals surface area contributed by atoms with E-state index < -0.39 is 0 Å². The molecule has 140 valence electrons. The zero-order valence-corrected chi connectivity index (χ0v) is 15.5. The second kappa shape index (κ2) is 7.73. The second-order valence-corrected chi connectivity index (χ2v) is 6.89. The Kier molecular flexibility index (Phi) is 5.00. The molecule has 0 atom stereocenters. The summed E-state index contributed by atoms with van der Waals surface area (Å²) in [6.45, 7) is 5.01. The van der Waals surface area contributed by atoms with Crippen molar-refractivity contribution >= 4 is 5.91 Å². The Hall–Kier alpha value is -2.96. The molecular formula is C20H24N6O. The third-order valence-corrected chi connectivity index (χ3v) is 5.16. The van der Waals surface area contributed by atoms with Gasteiger partial charge in [-0.2, -0.15) is 5.10 Å². The lowest BCUT2D eigenvalue weighted by Gasteiger charge is -2.31. The summed E-state index contributed by atoms with van der Waals surface area (Å²) in [5.41, 5.74) is 1.70. The molecule has 1 fully saturated rings. The Labute approximate surface area is 158 Å². The molecule has 0 aliphatic carbocycles. The van der Waals surface area contributed by atoms with Crippen LogP contribution in [0.5, 0.6) is 0 Å². The van der Waals surface area contributed by atoms with Gasteiger partial charge in [-0.05, 0) is 31.9 Å². The topological polar surface area (TPSA) is 68.8 Å². The maximum Gasteiger partial charge on any atom is 0.257 e. The van der Waals surface area contributed by atoms with Crippen molar-refractivity contribution in [2.24, 2.45) is 0 Å². The third-order valence-electron chi connectivity index (χ3n) is 5.16. The molecule has 0 aromatic carbocycles. The molecule has 1 aliphatic rings. The fourth-order valence-electron chi connectivity index (χ4n) is 3.65. The number of piperidine rings is 1. The van der Waals surface area contributed by atoms with Crippen LogP contribution in [0.15, 0.2) is 49.2 Å². The average Bonchev–Trinajstić information content (AvgIpc) is 3.38. The van der Waals surface area contributed by atoms with Gasteiger partial charge >= 0.3 is 0 Å². The maximum atomic E-state index is 12.7. The van der Waals surface area contributed by atoms with Crippen LogP contribution in [-0.4, -0.2) is 48.2 Å². The number of imidazole rings is 1. The number of likely N-dealkylation sites (tertiary alicyclic amines) is 1. The van der Waals surface area contributed by atoms with Crippen molar-refractivity contribution in [2.45, 2.75) is 38.8 Å². The number of pyridine rings is 1. The van der Waals surface area contributed by atoms with Crippen LogP contribution in [0, 0.1) is 0 Å².